The summed E-state index contributed by atoms with van der Waals surface area (Å²) in [7, 11) is 0. The summed E-state index contributed by atoms with van der Waals surface area (Å²) < 4.78 is 5.45. The second kappa shape index (κ2) is 10.6. The Labute approximate surface area is 183 Å². The van der Waals surface area contributed by atoms with Gasteiger partial charge in [-0.3, -0.25) is 9.69 Å². The van der Waals surface area contributed by atoms with Gasteiger partial charge in [-0.15, -0.1) is 0 Å². The van der Waals surface area contributed by atoms with Crippen molar-refractivity contribution in [3.05, 3.63) is 30.1 Å². The van der Waals surface area contributed by atoms with Crippen molar-refractivity contribution in [3.63, 3.8) is 0 Å². The maximum absolute atomic E-state index is 12.9. The van der Waals surface area contributed by atoms with Crippen molar-refractivity contribution in [1.82, 2.24) is 20.2 Å². The van der Waals surface area contributed by atoms with Gasteiger partial charge in [-0.25, -0.2) is 9.97 Å². The van der Waals surface area contributed by atoms with Gasteiger partial charge in [-0.05, 0) is 25.8 Å². The van der Waals surface area contributed by atoms with Gasteiger partial charge in [0.05, 0.1) is 30.5 Å². The summed E-state index contributed by atoms with van der Waals surface area (Å²) in [5.74, 6) is 0.929. The largest absolute Gasteiger partial charge is 0.379 e. The molecule has 1 aromatic heterocycles. The molecule has 1 saturated carbocycles. The number of carbonyl (C=O) groups is 1. The fourth-order valence-electron chi connectivity index (χ4n) is 4.18. The zero-order valence-electron chi connectivity index (χ0n) is 17.8. The van der Waals surface area contributed by atoms with Crippen molar-refractivity contribution in [2.45, 2.75) is 68.3 Å². The predicted molar refractivity (Wildman–Crippen MR) is 121 cm³/mol. The molecule has 2 aliphatic rings. The van der Waals surface area contributed by atoms with Crippen LogP contribution in [0.25, 0.3) is 10.9 Å². The number of aromatic nitrogens is 2. The van der Waals surface area contributed by atoms with E-state index in [0.29, 0.717) is 12.6 Å². The van der Waals surface area contributed by atoms with Crippen LogP contribution in [0.4, 0.5) is 0 Å². The molecule has 2 fully saturated rings. The summed E-state index contributed by atoms with van der Waals surface area (Å²) in [5.41, 5.74) is 0.939. The lowest BCUT2D eigenvalue weighted by Crippen LogP contribution is -2.39. The van der Waals surface area contributed by atoms with Crippen molar-refractivity contribution in [1.29, 1.82) is 0 Å². The Morgan fingerprint density at radius 3 is 2.67 bits per heavy atom. The van der Waals surface area contributed by atoms with E-state index in [2.05, 4.69) is 10.2 Å². The minimum absolute atomic E-state index is 0.115. The van der Waals surface area contributed by atoms with E-state index in [-0.39, 0.29) is 11.2 Å². The number of ether oxygens (including phenoxy) is 1. The number of nitrogens with one attached hydrogen (secondary N) is 1. The third kappa shape index (κ3) is 5.71. The van der Waals surface area contributed by atoms with Gasteiger partial charge in [0.2, 0.25) is 5.91 Å². The lowest BCUT2D eigenvalue weighted by molar-refractivity contribution is -0.121. The molecule has 1 aromatic carbocycles. The molecule has 2 aromatic rings. The van der Waals surface area contributed by atoms with Gasteiger partial charge in [0.15, 0.2) is 0 Å². The Hall–Kier alpha value is -1.70. The van der Waals surface area contributed by atoms with E-state index in [9.17, 15) is 4.79 Å². The van der Waals surface area contributed by atoms with Gasteiger partial charge in [0.25, 0.3) is 0 Å². The van der Waals surface area contributed by atoms with Crippen LogP contribution in [0.1, 0.15) is 51.3 Å². The molecular formula is C23H32N4O2S. The molecule has 0 bridgehead atoms. The van der Waals surface area contributed by atoms with Crippen molar-refractivity contribution >= 4 is 28.6 Å². The Balaban J connectivity index is 1.47. The first-order valence-electron chi connectivity index (χ1n) is 11.2. The highest BCUT2D eigenvalue weighted by Gasteiger charge is 2.22. The van der Waals surface area contributed by atoms with Crippen molar-refractivity contribution in [3.8, 4) is 0 Å². The second-order valence-electron chi connectivity index (χ2n) is 8.31. The number of fused-ring (bicyclic) bond motifs is 1. The van der Waals surface area contributed by atoms with E-state index >= 15 is 0 Å². The van der Waals surface area contributed by atoms with Gasteiger partial charge in [-0.2, -0.15) is 0 Å². The lowest BCUT2D eigenvalue weighted by atomic mass is 10.1. The fraction of sp³-hybridized carbons (Fsp3) is 0.609. The van der Waals surface area contributed by atoms with Crippen LogP contribution in [0.5, 0.6) is 0 Å². The number of benzene rings is 1. The number of hydrogen-bond acceptors (Lipinski definition) is 6. The van der Waals surface area contributed by atoms with Gasteiger partial charge < -0.3 is 10.1 Å². The van der Waals surface area contributed by atoms with Crippen molar-refractivity contribution < 1.29 is 9.53 Å². The molecule has 30 heavy (non-hydrogen) atoms. The van der Waals surface area contributed by atoms with Crippen LogP contribution in [0, 0.1) is 0 Å². The normalized spacial score (nSPS) is 20.0. The van der Waals surface area contributed by atoms with Crippen molar-refractivity contribution in [2.75, 3.05) is 26.3 Å². The van der Waals surface area contributed by atoms with Gasteiger partial charge in [-0.1, -0.05) is 55.6 Å². The summed E-state index contributed by atoms with van der Waals surface area (Å²) in [6.45, 7) is 6.01. The topological polar surface area (TPSA) is 67.3 Å². The molecule has 4 rings (SSSR count). The highest BCUT2D eigenvalue weighted by molar-refractivity contribution is 8.00. The number of nitrogens with zero attached hydrogens (tertiary/aromatic N) is 3. The summed E-state index contributed by atoms with van der Waals surface area (Å²) in [6.07, 6.45) is 7.21. The van der Waals surface area contributed by atoms with Crippen LogP contribution in [0.3, 0.4) is 0 Å². The number of para-hydroxylation sites is 1. The van der Waals surface area contributed by atoms with Crippen LogP contribution in [-0.2, 0) is 16.1 Å². The molecule has 1 N–H and O–H groups in total. The Morgan fingerprint density at radius 1 is 1.17 bits per heavy atom. The Bertz CT molecular complexity index is 848. The lowest BCUT2D eigenvalue weighted by Gasteiger charge is -2.26. The zero-order valence-corrected chi connectivity index (χ0v) is 18.6. The fourth-order valence-corrected chi connectivity index (χ4v) is 5.14. The van der Waals surface area contributed by atoms with Crippen LogP contribution in [0.2, 0.25) is 0 Å². The SMILES string of the molecule is C[C@H](Sc1nc(CN2CCOCC2)nc2ccccc12)C(=O)NC1CCCCCC1. The molecule has 6 nitrogen and oxygen atoms in total. The minimum Gasteiger partial charge on any atom is -0.379 e. The molecule has 1 atom stereocenters. The van der Waals surface area contributed by atoms with Crippen molar-refractivity contribution in [2.24, 2.45) is 0 Å². The first-order chi connectivity index (χ1) is 14.7. The van der Waals surface area contributed by atoms with E-state index < -0.39 is 0 Å². The quantitative estimate of drug-likeness (QED) is 0.429. The Morgan fingerprint density at radius 2 is 1.90 bits per heavy atom. The summed E-state index contributed by atoms with van der Waals surface area (Å²) >= 11 is 1.54. The molecule has 1 amide bonds. The third-order valence-electron chi connectivity index (χ3n) is 5.94. The van der Waals surface area contributed by atoms with Crippen LogP contribution in [-0.4, -0.2) is 58.4 Å². The number of amides is 1. The number of hydrogen-bond donors (Lipinski definition) is 1. The molecule has 0 unspecified atom stereocenters. The second-order valence-corrected chi connectivity index (χ2v) is 9.64. The van der Waals surface area contributed by atoms with Gasteiger partial charge >= 0.3 is 0 Å². The van der Waals surface area contributed by atoms with Crippen LogP contribution in [0.15, 0.2) is 29.3 Å². The monoisotopic (exact) mass is 428 g/mol. The van der Waals surface area contributed by atoms with Gasteiger partial charge in [0.1, 0.15) is 10.9 Å². The first-order valence-corrected chi connectivity index (χ1v) is 12.1. The molecule has 2 heterocycles. The summed E-state index contributed by atoms with van der Waals surface area (Å²) in [4.78, 5) is 24.8. The van der Waals surface area contributed by atoms with E-state index in [4.69, 9.17) is 14.7 Å². The number of thioether (sulfide) groups is 1. The van der Waals surface area contributed by atoms with E-state index in [0.717, 1.165) is 60.9 Å². The molecule has 1 aliphatic heterocycles. The smallest absolute Gasteiger partial charge is 0.233 e. The maximum Gasteiger partial charge on any atom is 0.233 e. The maximum atomic E-state index is 12.9. The molecule has 0 spiro atoms. The summed E-state index contributed by atoms with van der Waals surface area (Å²) in [5, 5.41) is 5.00. The number of morpholine rings is 1. The zero-order chi connectivity index (χ0) is 20.8. The first kappa shape index (κ1) is 21.5. The highest BCUT2D eigenvalue weighted by atomic mass is 32.2. The van der Waals surface area contributed by atoms with E-state index in [1.54, 1.807) is 11.8 Å². The average Bonchev–Trinajstić information content (AvgIpc) is 3.03. The van der Waals surface area contributed by atoms with Gasteiger partial charge in [0, 0.05) is 24.5 Å². The number of carbonyl (C=O) groups excluding carboxylic acids is 1. The molecule has 1 saturated heterocycles. The molecule has 162 valence electrons. The number of rotatable bonds is 6. The molecule has 7 heteroatoms. The third-order valence-corrected chi connectivity index (χ3v) is 7.04. The average molecular weight is 429 g/mol. The molecule has 1 aliphatic carbocycles. The standard InChI is InChI=1S/C23H32N4O2S/c1-17(22(28)24-18-8-4-2-3-5-9-18)30-23-19-10-6-7-11-20(19)25-21(26-23)16-27-12-14-29-15-13-27/h6-7,10-11,17-18H,2-5,8-9,12-16H2,1H3,(H,24,28)/t17-/m0/s1. The molecular weight excluding hydrogens is 396 g/mol. The summed E-state index contributed by atoms with van der Waals surface area (Å²) in [6, 6.07) is 8.41. The van der Waals surface area contributed by atoms with Crippen LogP contribution < -0.4 is 5.32 Å². The minimum atomic E-state index is -0.192. The predicted octanol–water partition coefficient (Wildman–Crippen LogP) is 3.78. The highest BCUT2D eigenvalue weighted by Crippen LogP contribution is 2.29. The molecule has 0 radical (unpaired) electrons. The van der Waals surface area contributed by atoms with Crippen LogP contribution >= 0.6 is 11.8 Å². The Kier molecular flexibility index (Phi) is 7.57. The van der Waals surface area contributed by atoms with E-state index in [1.165, 1.54) is 25.7 Å². The van der Waals surface area contributed by atoms with E-state index in [1.807, 2.05) is 31.2 Å².